The van der Waals surface area contributed by atoms with Crippen LogP contribution in [-0.4, -0.2) is 35.6 Å². The van der Waals surface area contributed by atoms with Gasteiger partial charge < -0.3 is 15.7 Å². The van der Waals surface area contributed by atoms with E-state index in [1.165, 1.54) is 11.3 Å². The molecular weight excluding hydrogens is 300 g/mol. The average Bonchev–Trinajstić information content (AvgIpc) is 2.97. The maximum atomic E-state index is 12.5. The first-order valence-corrected chi connectivity index (χ1v) is 8.50. The van der Waals surface area contributed by atoms with Crippen molar-refractivity contribution in [2.24, 2.45) is 11.8 Å². The molecule has 0 bridgehead atoms. The van der Waals surface area contributed by atoms with Crippen LogP contribution in [0.4, 0.5) is 0 Å². The van der Waals surface area contributed by atoms with Crippen molar-refractivity contribution < 1.29 is 14.7 Å². The van der Waals surface area contributed by atoms with E-state index >= 15 is 0 Å². The van der Waals surface area contributed by atoms with Crippen molar-refractivity contribution in [3.05, 3.63) is 22.4 Å². The Balaban J connectivity index is 2.73. The Labute approximate surface area is 136 Å². The summed E-state index contributed by atoms with van der Waals surface area (Å²) >= 11 is 1.35. The van der Waals surface area contributed by atoms with E-state index in [1.807, 2.05) is 33.1 Å². The molecule has 0 aliphatic heterocycles. The van der Waals surface area contributed by atoms with Gasteiger partial charge in [-0.15, -0.1) is 11.3 Å². The number of rotatable bonds is 8. The van der Waals surface area contributed by atoms with Gasteiger partial charge in [0, 0.05) is 12.6 Å². The highest BCUT2D eigenvalue weighted by Crippen LogP contribution is 2.12. The zero-order valence-corrected chi connectivity index (χ0v) is 14.4. The van der Waals surface area contributed by atoms with Crippen LogP contribution in [-0.2, 0) is 4.79 Å². The molecule has 0 saturated carbocycles. The maximum absolute atomic E-state index is 12.5. The van der Waals surface area contributed by atoms with Gasteiger partial charge in [-0.2, -0.15) is 0 Å². The quantitative estimate of drug-likeness (QED) is 0.684. The molecule has 22 heavy (non-hydrogen) atoms. The van der Waals surface area contributed by atoms with Crippen molar-refractivity contribution >= 4 is 23.2 Å². The number of hydrogen-bond acceptors (Lipinski definition) is 4. The summed E-state index contributed by atoms with van der Waals surface area (Å²) < 4.78 is 0. The van der Waals surface area contributed by atoms with Gasteiger partial charge in [-0.1, -0.05) is 33.8 Å². The number of thiophene rings is 1. The van der Waals surface area contributed by atoms with Gasteiger partial charge in [-0.05, 0) is 29.7 Å². The van der Waals surface area contributed by atoms with E-state index < -0.39 is 6.04 Å². The van der Waals surface area contributed by atoms with Crippen LogP contribution in [0.25, 0.3) is 0 Å². The monoisotopic (exact) mass is 326 g/mol. The standard InChI is InChI=1S/C16H26N2O3S/c1-10(2)12(7-8-19)17-16(21)14(11(3)4)18-15(20)13-6-5-9-22-13/h5-6,9-12,14,19H,7-8H2,1-4H3,(H,17,21)(H,18,20). The minimum absolute atomic E-state index is 0.0224. The van der Waals surface area contributed by atoms with Crippen LogP contribution < -0.4 is 10.6 Å². The number of carbonyl (C=O) groups excluding carboxylic acids is 2. The number of carbonyl (C=O) groups is 2. The first kappa shape index (κ1) is 18.6. The Morgan fingerprint density at radius 2 is 1.86 bits per heavy atom. The van der Waals surface area contributed by atoms with Crippen molar-refractivity contribution in [2.45, 2.75) is 46.2 Å². The molecule has 0 fully saturated rings. The van der Waals surface area contributed by atoms with Crippen LogP contribution in [0.3, 0.4) is 0 Å². The van der Waals surface area contributed by atoms with Crippen LogP contribution in [0.1, 0.15) is 43.8 Å². The Morgan fingerprint density at radius 1 is 1.18 bits per heavy atom. The minimum atomic E-state index is -0.588. The van der Waals surface area contributed by atoms with E-state index in [4.69, 9.17) is 5.11 Å². The van der Waals surface area contributed by atoms with Crippen LogP contribution in [0.15, 0.2) is 17.5 Å². The number of nitrogens with one attached hydrogen (secondary N) is 2. The lowest BCUT2D eigenvalue weighted by Gasteiger charge is -2.27. The summed E-state index contributed by atoms with van der Waals surface area (Å²) in [5, 5.41) is 16.7. The summed E-state index contributed by atoms with van der Waals surface area (Å²) in [5.41, 5.74) is 0. The first-order valence-electron chi connectivity index (χ1n) is 7.62. The third kappa shape index (κ3) is 5.42. The summed E-state index contributed by atoms with van der Waals surface area (Å²) in [6, 6.07) is 2.85. The van der Waals surface area contributed by atoms with Crippen molar-refractivity contribution in [3.63, 3.8) is 0 Å². The molecule has 2 amide bonds. The third-order valence-electron chi connectivity index (χ3n) is 3.55. The normalized spacial score (nSPS) is 14.0. The highest BCUT2D eigenvalue weighted by Gasteiger charge is 2.27. The lowest BCUT2D eigenvalue weighted by atomic mass is 9.98. The topological polar surface area (TPSA) is 78.4 Å². The zero-order valence-electron chi connectivity index (χ0n) is 13.6. The Hall–Kier alpha value is -1.40. The molecule has 124 valence electrons. The fourth-order valence-corrected chi connectivity index (χ4v) is 2.77. The van der Waals surface area contributed by atoms with Crippen molar-refractivity contribution in [1.82, 2.24) is 10.6 Å². The molecule has 6 heteroatoms. The van der Waals surface area contributed by atoms with Gasteiger partial charge >= 0.3 is 0 Å². The molecule has 1 heterocycles. The van der Waals surface area contributed by atoms with Gasteiger partial charge in [0.2, 0.25) is 5.91 Å². The van der Waals surface area contributed by atoms with Crippen LogP contribution >= 0.6 is 11.3 Å². The van der Waals surface area contributed by atoms with E-state index in [9.17, 15) is 9.59 Å². The second kappa shape index (κ2) is 8.90. The van der Waals surface area contributed by atoms with E-state index in [-0.39, 0.29) is 36.3 Å². The summed E-state index contributed by atoms with van der Waals surface area (Å²) in [6.45, 7) is 7.81. The summed E-state index contributed by atoms with van der Waals surface area (Å²) in [4.78, 5) is 25.2. The van der Waals surface area contributed by atoms with E-state index in [1.54, 1.807) is 12.1 Å². The maximum Gasteiger partial charge on any atom is 0.262 e. The van der Waals surface area contributed by atoms with Gasteiger partial charge in [0.1, 0.15) is 6.04 Å². The molecule has 1 aromatic heterocycles. The molecule has 0 radical (unpaired) electrons. The van der Waals surface area contributed by atoms with Crippen molar-refractivity contribution in [1.29, 1.82) is 0 Å². The van der Waals surface area contributed by atoms with Crippen LogP contribution in [0.2, 0.25) is 0 Å². The largest absolute Gasteiger partial charge is 0.396 e. The van der Waals surface area contributed by atoms with E-state index in [2.05, 4.69) is 10.6 Å². The lowest BCUT2D eigenvalue weighted by Crippen LogP contribution is -2.53. The molecule has 3 N–H and O–H groups in total. The molecule has 0 saturated heterocycles. The summed E-state index contributed by atoms with van der Waals surface area (Å²) in [6.07, 6.45) is 0.507. The molecule has 0 aliphatic carbocycles. The molecule has 0 spiro atoms. The molecular formula is C16H26N2O3S. The second-order valence-corrected chi connectivity index (χ2v) is 6.99. The Morgan fingerprint density at radius 3 is 2.32 bits per heavy atom. The van der Waals surface area contributed by atoms with Crippen molar-refractivity contribution in [3.8, 4) is 0 Å². The number of amides is 2. The molecule has 1 aromatic rings. The van der Waals surface area contributed by atoms with Gasteiger partial charge in [-0.3, -0.25) is 9.59 Å². The van der Waals surface area contributed by atoms with Crippen molar-refractivity contribution in [2.75, 3.05) is 6.61 Å². The van der Waals surface area contributed by atoms with Gasteiger partial charge in [0.15, 0.2) is 0 Å². The number of aliphatic hydroxyl groups excluding tert-OH is 1. The highest BCUT2D eigenvalue weighted by molar-refractivity contribution is 7.12. The molecule has 0 aliphatic rings. The third-order valence-corrected chi connectivity index (χ3v) is 4.42. The molecule has 1 rings (SSSR count). The lowest BCUT2D eigenvalue weighted by molar-refractivity contribution is -0.125. The van der Waals surface area contributed by atoms with Gasteiger partial charge in [-0.25, -0.2) is 0 Å². The predicted octanol–water partition coefficient (Wildman–Crippen LogP) is 2.03. The Bertz CT molecular complexity index is 472. The van der Waals surface area contributed by atoms with Gasteiger partial charge in [0.05, 0.1) is 4.88 Å². The van der Waals surface area contributed by atoms with Crippen LogP contribution in [0.5, 0.6) is 0 Å². The fourth-order valence-electron chi connectivity index (χ4n) is 2.14. The molecule has 2 atom stereocenters. The Kier molecular flexibility index (Phi) is 7.55. The summed E-state index contributed by atoms with van der Waals surface area (Å²) in [7, 11) is 0. The zero-order chi connectivity index (χ0) is 16.7. The summed E-state index contributed by atoms with van der Waals surface area (Å²) in [5.74, 6) is -0.234. The second-order valence-electron chi connectivity index (χ2n) is 6.04. The molecule has 0 aromatic carbocycles. The predicted molar refractivity (Wildman–Crippen MR) is 88.9 cm³/mol. The smallest absolute Gasteiger partial charge is 0.262 e. The van der Waals surface area contributed by atoms with E-state index in [0.29, 0.717) is 11.3 Å². The molecule has 2 unspecified atom stereocenters. The number of aliphatic hydroxyl groups is 1. The fraction of sp³-hybridized carbons (Fsp3) is 0.625. The SMILES string of the molecule is CC(C)C(CCO)NC(=O)C(NC(=O)c1cccs1)C(C)C. The number of hydrogen-bond donors (Lipinski definition) is 3. The first-order chi connectivity index (χ1) is 10.4. The average molecular weight is 326 g/mol. The van der Waals surface area contributed by atoms with Crippen LogP contribution in [0, 0.1) is 11.8 Å². The van der Waals surface area contributed by atoms with Gasteiger partial charge in [0.25, 0.3) is 5.91 Å². The molecule has 5 nitrogen and oxygen atoms in total. The van der Waals surface area contributed by atoms with E-state index in [0.717, 1.165) is 0 Å². The highest BCUT2D eigenvalue weighted by atomic mass is 32.1. The minimum Gasteiger partial charge on any atom is -0.396 e.